The van der Waals surface area contributed by atoms with Gasteiger partial charge in [0, 0.05) is 24.1 Å². The predicted molar refractivity (Wildman–Crippen MR) is 133 cm³/mol. The molecule has 1 aromatic heterocycles. The van der Waals surface area contributed by atoms with Gasteiger partial charge < -0.3 is 15.0 Å². The van der Waals surface area contributed by atoms with Gasteiger partial charge in [-0.25, -0.2) is 19.5 Å². The van der Waals surface area contributed by atoms with Crippen molar-refractivity contribution in [3.8, 4) is 0 Å². The van der Waals surface area contributed by atoms with Crippen molar-refractivity contribution >= 4 is 41.3 Å². The molecule has 1 unspecified atom stereocenters. The lowest BCUT2D eigenvalue weighted by atomic mass is 9.93. The van der Waals surface area contributed by atoms with E-state index in [1.165, 1.54) is 30.5 Å². The van der Waals surface area contributed by atoms with Gasteiger partial charge in [0.15, 0.2) is 0 Å². The summed E-state index contributed by atoms with van der Waals surface area (Å²) in [5, 5.41) is 5.20. The summed E-state index contributed by atoms with van der Waals surface area (Å²) in [7, 11) is 0. The maximum atomic E-state index is 13.2. The zero-order chi connectivity index (χ0) is 27.2. The van der Waals surface area contributed by atoms with Crippen LogP contribution < -0.4 is 15.5 Å². The molecule has 0 bridgehead atoms. The van der Waals surface area contributed by atoms with Gasteiger partial charge in [0.05, 0.1) is 5.69 Å². The van der Waals surface area contributed by atoms with Crippen molar-refractivity contribution in [2.75, 3.05) is 36.5 Å². The molecule has 2 heterocycles. The number of hydrogen-bond donors (Lipinski definition) is 2. The second-order valence-corrected chi connectivity index (χ2v) is 9.60. The Kier molecular flexibility index (Phi) is 9.02. The minimum absolute atomic E-state index is 0.0607. The number of ether oxygens (including phenoxy) is 1. The highest BCUT2D eigenvalue weighted by atomic mass is 32.2. The Morgan fingerprint density at radius 2 is 1.86 bits per heavy atom. The lowest BCUT2D eigenvalue weighted by Gasteiger charge is -2.22. The van der Waals surface area contributed by atoms with E-state index in [4.69, 9.17) is 4.74 Å². The highest BCUT2D eigenvalue weighted by molar-refractivity contribution is 8.00. The fourth-order valence-electron chi connectivity index (χ4n) is 3.84. The largest absolute Gasteiger partial charge is 0.448 e. The van der Waals surface area contributed by atoms with Crippen LogP contribution in [0.4, 0.5) is 34.3 Å². The molecule has 200 valence electrons. The van der Waals surface area contributed by atoms with Crippen LogP contribution in [0.1, 0.15) is 26.3 Å². The van der Waals surface area contributed by atoms with Crippen LogP contribution in [0, 0.1) is 0 Å². The van der Waals surface area contributed by atoms with Crippen LogP contribution in [-0.4, -0.2) is 65.2 Å². The molecule has 4 amide bonds. The molecule has 1 saturated heterocycles. The minimum atomic E-state index is -4.44. The van der Waals surface area contributed by atoms with Crippen molar-refractivity contribution < 1.29 is 32.3 Å². The third-order valence-electron chi connectivity index (χ3n) is 5.74. The number of carbonyl (C=O) groups excluding carboxylic acids is 3. The molecule has 2 aromatic rings. The topological polar surface area (TPSA) is 104 Å². The van der Waals surface area contributed by atoms with Crippen LogP contribution in [0.5, 0.6) is 0 Å². The Balaban J connectivity index is 1.64. The Hall–Kier alpha value is -3.32. The van der Waals surface area contributed by atoms with Crippen LogP contribution >= 0.6 is 11.8 Å². The van der Waals surface area contributed by atoms with Gasteiger partial charge in [0.1, 0.15) is 18.0 Å². The predicted octanol–water partition coefficient (Wildman–Crippen LogP) is 4.64. The maximum Gasteiger partial charge on any atom is 0.446 e. The third kappa shape index (κ3) is 7.59. The summed E-state index contributed by atoms with van der Waals surface area (Å²) in [6, 6.07) is 7.51. The second-order valence-electron chi connectivity index (χ2n) is 8.46. The van der Waals surface area contributed by atoms with Crippen molar-refractivity contribution in [3.05, 3.63) is 48.2 Å². The fraction of sp³-hybridized carbons (Fsp3) is 0.417. The molecular formula is C24H28F3N5O4S. The molecule has 0 aliphatic carbocycles. The van der Waals surface area contributed by atoms with E-state index < -0.39 is 29.1 Å². The summed E-state index contributed by atoms with van der Waals surface area (Å²) in [5.74, 6) is -0.337. The van der Waals surface area contributed by atoms with Crippen molar-refractivity contribution in [1.82, 2.24) is 15.2 Å². The fourth-order valence-corrected chi connectivity index (χ4v) is 4.38. The number of nitrogens with one attached hydrogen (secondary N) is 2. The molecule has 0 saturated carbocycles. The highest BCUT2D eigenvalue weighted by Gasteiger charge is 2.48. The van der Waals surface area contributed by atoms with Gasteiger partial charge in [-0.05, 0) is 73.7 Å². The van der Waals surface area contributed by atoms with Crippen molar-refractivity contribution in [2.45, 2.75) is 43.1 Å². The smallest absolute Gasteiger partial charge is 0.446 e. The molecule has 13 heteroatoms. The van der Waals surface area contributed by atoms with Gasteiger partial charge >= 0.3 is 17.6 Å². The number of anilines is 2. The summed E-state index contributed by atoms with van der Waals surface area (Å²) in [6.07, 6.45) is 0.886. The van der Waals surface area contributed by atoms with Gasteiger partial charge in [-0.15, -0.1) is 0 Å². The Labute approximate surface area is 216 Å². The van der Waals surface area contributed by atoms with Crippen LogP contribution in [0.15, 0.2) is 47.5 Å². The molecule has 37 heavy (non-hydrogen) atoms. The Morgan fingerprint density at radius 3 is 2.49 bits per heavy atom. The maximum absolute atomic E-state index is 13.2. The van der Waals surface area contributed by atoms with Crippen LogP contribution in [0.2, 0.25) is 0 Å². The molecule has 1 aromatic carbocycles. The Bertz CT molecular complexity index is 1130. The van der Waals surface area contributed by atoms with E-state index in [0.29, 0.717) is 12.1 Å². The van der Waals surface area contributed by atoms with E-state index in [1.807, 2.05) is 13.8 Å². The number of pyridine rings is 1. The van der Waals surface area contributed by atoms with Gasteiger partial charge in [0.2, 0.25) is 0 Å². The van der Waals surface area contributed by atoms with Gasteiger partial charge in [-0.2, -0.15) is 13.2 Å². The first-order chi connectivity index (χ1) is 17.4. The first-order valence-corrected chi connectivity index (χ1v) is 12.4. The molecule has 0 spiro atoms. The summed E-state index contributed by atoms with van der Waals surface area (Å²) in [5.41, 5.74) is -4.99. The summed E-state index contributed by atoms with van der Waals surface area (Å²) in [4.78, 5) is 45.0. The first-order valence-electron chi connectivity index (χ1n) is 11.6. The van der Waals surface area contributed by atoms with Gasteiger partial charge in [-0.1, -0.05) is 13.8 Å². The average Bonchev–Trinajstić information content (AvgIpc) is 3.04. The number of imide groups is 1. The van der Waals surface area contributed by atoms with Crippen LogP contribution in [-0.2, 0) is 16.0 Å². The van der Waals surface area contributed by atoms with E-state index in [1.54, 1.807) is 19.1 Å². The third-order valence-corrected chi connectivity index (χ3v) is 6.48. The van der Waals surface area contributed by atoms with Crippen LogP contribution in [0.25, 0.3) is 0 Å². The van der Waals surface area contributed by atoms with Crippen LogP contribution in [0.3, 0.4) is 0 Å². The number of alkyl halides is 3. The monoisotopic (exact) mass is 539 g/mol. The summed E-state index contributed by atoms with van der Waals surface area (Å²) >= 11 is -0.283. The number of halogens is 3. The molecule has 9 nitrogen and oxygen atoms in total. The Morgan fingerprint density at radius 1 is 1.19 bits per heavy atom. The standard InChI is InChI=1S/C24H28F3N5O4S/c1-4-31(5-2)12-13-36-22(35)29-19-14-16(10-11-28-19)15-23(3)20(33)32(21(34)30-23)17-6-8-18(9-7-17)37-24(25,26)27/h6-11,14H,4-5,12-13,15H2,1-3H3,(H,30,34)(H,28,29,35). The van der Waals surface area contributed by atoms with E-state index in [2.05, 4.69) is 20.5 Å². The highest BCUT2D eigenvalue weighted by Crippen LogP contribution is 2.38. The number of benzene rings is 1. The molecule has 2 N–H and O–H groups in total. The molecule has 1 aliphatic rings. The zero-order valence-electron chi connectivity index (χ0n) is 20.6. The SMILES string of the molecule is CCN(CC)CCOC(=O)Nc1cc(CC2(C)NC(=O)N(c3ccc(SC(F)(F)F)cc3)C2=O)ccn1. The second kappa shape index (κ2) is 11.8. The number of likely N-dealkylation sites (N-methyl/N-ethyl adjacent to an activating group) is 1. The number of thioether (sulfide) groups is 1. The number of hydrogen-bond acceptors (Lipinski definition) is 7. The number of amides is 4. The minimum Gasteiger partial charge on any atom is -0.448 e. The number of nitrogens with zero attached hydrogens (tertiary/aromatic N) is 3. The molecule has 1 fully saturated rings. The lowest BCUT2D eigenvalue weighted by molar-refractivity contribution is -0.121. The zero-order valence-corrected chi connectivity index (χ0v) is 21.4. The average molecular weight is 540 g/mol. The molecule has 0 radical (unpaired) electrons. The summed E-state index contributed by atoms with van der Waals surface area (Å²) < 4.78 is 42.9. The van der Waals surface area contributed by atoms with E-state index in [9.17, 15) is 27.6 Å². The van der Waals surface area contributed by atoms with E-state index >= 15 is 0 Å². The van der Waals surface area contributed by atoms with Crippen molar-refractivity contribution in [1.29, 1.82) is 0 Å². The first kappa shape index (κ1) is 28.3. The van der Waals surface area contributed by atoms with Gasteiger partial charge in [0.25, 0.3) is 5.91 Å². The number of urea groups is 1. The van der Waals surface area contributed by atoms with Gasteiger partial charge in [-0.3, -0.25) is 10.1 Å². The molecule has 1 atom stereocenters. The lowest BCUT2D eigenvalue weighted by Crippen LogP contribution is -2.46. The van der Waals surface area contributed by atoms with E-state index in [0.717, 1.165) is 18.0 Å². The number of aromatic nitrogens is 1. The molecule has 1 aliphatic heterocycles. The molecule has 3 rings (SSSR count). The summed E-state index contributed by atoms with van der Waals surface area (Å²) in [6.45, 7) is 8.10. The van der Waals surface area contributed by atoms with Crippen molar-refractivity contribution in [3.63, 3.8) is 0 Å². The quantitative estimate of drug-likeness (QED) is 0.335. The number of rotatable bonds is 10. The van der Waals surface area contributed by atoms with E-state index in [-0.39, 0.29) is 41.2 Å². The van der Waals surface area contributed by atoms with Crippen molar-refractivity contribution in [2.24, 2.45) is 0 Å². The molecular weight excluding hydrogens is 511 g/mol. The number of carbonyl (C=O) groups is 3. The normalized spacial score (nSPS) is 17.8.